The van der Waals surface area contributed by atoms with Crippen molar-refractivity contribution in [1.29, 1.82) is 0 Å². The second-order valence-electron chi connectivity index (χ2n) is 4.91. The van der Waals surface area contributed by atoms with E-state index in [9.17, 15) is 0 Å². The largest absolute Gasteiger partial charge is 0.357 e. The molecule has 1 aromatic heterocycles. The van der Waals surface area contributed by atoms with Gasteiger partial charge in [-0.1, -0.05) is 24.3 Å². The molecule has 3 rings (SSSR count). The van der Waals surface area contributed by atoms with Gasteiger partial charge in [0.1, 0.15) is 5.82 Å². The number of hydrogen-bond donors (Lipinski definition) is 1. The van der Waals surface area contributed by atoms with Gasteiger partial charge in [-0.15, -0.1) is 0 Å². The highest BCUT2D eigenvalue weighted by Gasteiger charge is 2.18. The molecule has 0 saturated heterocycles. The van der Waals surface area contributed by atoms with Gasteiger partial charge in [-0.05, 0) is 39.9 Å². The summed E-state index contributed by atoms with van der Waals surface area (Å²) in [4.78, 5) is 11.1. The minimum absolute atomic E-state index is 0.653. The van der Waals surface area contributed by atoms with E-state index in [1.807, 2.05) is 13.2 Å². The Kier molecular flexibility index (Phi) is 3.87. The molecule has 0 spiro atoms. The second kappa shape index (κ2) is 5.79. The monoisotopic (exact) mass is 332 g/mol. The number of nitrogens with zero attached hydrogens (tertiary/aromatic N) is 3. The molecule has 4 nitrogen and oxygen atoms in total. The summed E-state index contributed by atoms with van der Waals surface area (Å²) in [6.45, 7) is 1.91. The molecule has 0 bridgehead atoms. The Morgan fingerprint density at radius 2 is 2.05 bits per heavy atom. The molecular formula is C15H17BrN4. The molecule has 0 unspecified atom stereocenters. The Labute approximate surface area is 127 Å². The fraction of sp³-hybridized carbons (Fsp3) is 0.333. The van der Waals surface area contributed by atoms with Gasteiger partial charge >= 0.3 is 0 Å². The number of fused-ring (bicyclic) bond motifs is 1. The number of rotatable bonds is 2. The van der Waals surface area contributed by atoms with Gasteiger partial charge in [0, 0.05) is 26.3 Å². The van der Waals surface area contributed by atoms with Gasteiger partial charge in [-0.3, -0.25) is 0 Å². The summed E-state index contributed by atoms with van der Waals surface area (Å²) in [6.07, 6.45) is 4.08. The summed E-state index contributed by atoms with van der Waals surface area (Å²) in [5, 5.41) is 3.00. The van der Waals surface area contributed by atoms with Gasteiger partial charge in [-0.25, -0.2) is 4.98 Å². The van der Waals surface area contributed by atoms with Crippen LogP contribution in [0.3, 0.4) is 0 Å². The van der Waals surface area contributed by atoms with E-state index in [0.717, 1.165) is 36.2 Å². The van der Waals surface area contributed by atoms with E-state index in [1.165, 1.54) is 11.1 Å². The predicted octanol–water partition coefficient (Wildman–Crippen LogP) is 3.23. The van der Waals surface area contributed by atoms with Crippen molar-refractivity contribution in [3.8, 4) is 0 Å². The number of benzene rings is 1. The molecule has 0 aliphatic carbocycles. The molecule has 1 aromatic carbocycles. The maximum Gasteiger partial charge on any atom is 0.224 e. The van der Waals surface area contributed by atoms with Crippen LogP contribution in [0.1, 0.15) is 17.5 Å². The lowest BCUT2D eigenvalue weighted by Gasteiger charge is -2.23. The lowest BCUT2D eigenvalue weighted by molar-refractivity contribution is 0.751. The Morgan fingerprint density at radius 3 is 2.85 bits per heavy atom. The van der Waals surface area contributed by atoms with Crippen LogP contribution in [0.5, 0.6) is 0 Å². The van der Waals surface area contributed by atoms with E-state index in [1.54, 1.807) is 0 Å². The first kappa shape index (κ1) is 13.4. The van der Waals surface area contributed by atoms with Gasteiger partial charge in [-0.2, -0.15) is 4.98 Å². The maximum absolute atomic E-state index is 4.59. The third-order valence-corrected chi connectivity index (χ3v) is 4.16. The first-order chi connectivity index (χ1) is 9.78. The average molecular weight is 333 g/mol. The highest BCUT2D eigenvalue weighted by molar-refractivity contribution is 9.10. The number of aromatic nitrogens is 2. The minimum Gasteiger partial charge on any atom is -0.357 e. The van der Waals surface area contributed by atoms with E-state index in [2.05, 4.69) is 60.4 Å². The molecular weight excluding hydrogens is 316 g/mol. The molecule has 104 valence electrons. The van der Waals surface area contributed by atoms with Crippen LogP contribution in [0, 0.1) is 0 Å². The van der Waals surface area contributed by atoms with Crippen molar-refractivity contribution in [1.82, 2.24) is 9.97 Å². The van der Waals surface area contributed by atoms with Crippen molar-refractivity contribution in [3.05, 3.63) is 46.1 Å². The SMILES string of the molecule is CNc1ncc(Br)c(N2CCCc3ccccc3C2)n1. The smallest absolute Gasteiger partial charge is 0.224 e. The first-order valence-corrected chi connectivity index (χ1v) is 7.59. The van der Waals surface area contributed by atoms with Crippen molar-refractivity contribution in [2.75, 3.05) is 23.8 Å². The molecule has 0 amide bonds. The Bertz CT molecular complexity index is 615. The zero-order valence-electron chi connectivity index (χ0n) is 11.4. The molecule has 1 N–H and O–H groups in total. The molecule has 2 heterocycles. The zero-order chi connectivity index (χ0) is 13.9. The van der Waals surface area contributed by atoms with Crippen LogP contribution in [-0.4, -0.2) is 23.6 Å². The quantitative estimate of drug-likeness (QED) is 0.916. The third kappa shape index (κ3) is 2.63. The van der Waals surface area contributed by atoms with Crippen molar-refractivity contribution < 1.29 is 0 Å². The van der Waals surface area contributed by atoms with Crippen molar-refractivity contribution in [2.24, 2.45) is 0 Å². The molecule has 0 atom stereocenters. The van der Waals surface area contributed by atoms with E-state index in [4.69, 9.17) is 0 Å². The van der Waals surface area contributed by atoms with Gasteiger partial charge in [0.2, 0.25) is 5.95 Å². The Balaban J connectivity index is 1.95. The van der Waals surface area contributed by atoms with Crippen LogP contribution >= 0.6 is 15.9 Å². The fourth-order valence-corrected chi connectivity index (χ4v) is 3.02. The van der Waals surface area contributed by atoms with Crippen LogP contribution in [0.25, 0.3) is 0 Å². The van der Waals surface area contributed by atoms with Crippen LogP contribution in [0.4, 0.5) is 11.8 Å². The normalized spacial score (nSPS) is 14.6. The lowest BCUT2D eigenvalue weighted by Crippen LogP contribution is -2.24. The first-order valence-electron chi connectivity index (χ1n) is 6.80. The Morgan fingerprint density at radius 1 is 1.25 bits per heavy atom. The van der Waals surface area contributed by atoms with Crippen molar-refractivity contribution >= 4 is 27.7 Å². The molecule has 0 fully saturated rings. The summed E-state index contributed by atoms with van der Waals surface area (Å²) in [6, 6.07) is 8.67. The number of hydrogen-bond acceptors (Lipinski definition) is 4. The molecule has 2 aromatic rings. The summed E-state index contributed by atoms with van der Waals surface area (Å²) >= 11 is 3.57. The van der Waals surface area contributed by atoms with E-state index in [-0.39, 0.29) is 0 Å². The van der Waals surface area contributed by atoms with Gasteiger partial charge in [0.15, 0.2) is 0 Å². The standard InChI is InChI=1S/C15H17BrN4/c1-17-15-18-9-13(16)14(19-15)20-8-4-7-11-5-2-3-6-12(11)10-20/h2-3,5-6,9H,4,7-8,10H2,1H3,(H,17,18,19). The predicted molar refractivity (Wildman–Crippen MR) is 85.1 cm³/mol. The molecule has 0 saturated carbocycles. The highest BCUT2D eigenvalue weighted by Crippen LogP contribution is 2.28. The fourth-order valence-electron chi connectivity index (χ4n) is 2.58. The molecule has 1 aliphatic rings. The van der Waals surface area contributed by atoms with Gasteiger partial charge < -0.3 is 10.2 Å². The van der Waals surface area contributed by atoms with E-state index >= 15 is 0 Å². The van der Waals surface area contributed by atoms with Crippen molar-refractivity contribution in [2.45, 2.75) is 19.4 Å². The Hall–Kier alpha value is -1.62. The van der Waals surface area contributed by atoms with Crippen LogP contribution in [0.15, 0.2) is 34.9 Å². The molecule has 0 radical (unpaired) electrons. The molecule has 5 heteroatoms. The summed E-state index contributed by atoms with van der Waals surface area (Å²) in [5.41, 5.74) is 2.84. The number of nitrogens with one attached hydrogen (secondary N) is 1. The number of halogens is 1. The lowest BCUT2D eigenvalue weighted by atomic mass is 10.0. The molecule has 1 aliphatic heterocycles. The van der Waals surface area contributed by atoms with Crippen LogP contribution in [0.2, 0.25) is 0 Å². The molecule has 20 heavy (non-hydrogen) atoms. The zero-order valence-corrected chi connectivity index (χ0v) is 13.0. The topological polar surface area (TPSA) is 41.1 Å². The van der Waals surface area contributed by atoms with E-state index < -0.39 is 0 Å². The van der Waals surface area contributed by atoms with Crippen LogP contribution < -0.4 is 10.2 Å². The number of aryl methyl sites for hydroxylation is 1. The third-order valence-electron chi connectivity index (χ3n) is 3.60. The van der Waals surface area contributed by atoms with E-state index in [0.29, 0.717) is 5.95 Å². The van der Waals surface area contributed by atoms with Crippen LogP contribution in [-0.2, 0) is 13.0 Å². The summed E-state index contributed by atoms with van der Waals surface area (Å²) < 4.78 is 0.941. The average Bonchev–Trinajstić information content (AvgIpc) is 2.70. The summed E-state index contributed by atoms with van der Waals surface area (Å²) in [5.74, 6) is 1.61. The van der Waals surface area contributed by atoms with Crippen molar-refractivity contribution in [3.63, 3.8) is 0 Å². The highest BCUT2D eigenvalue weighted by atomic mass is 79.9. The summed E-state index contributed by atoms with van der Waals surface area (Å²) in [7, 11) is 1.84. The minimum atomic E-state index is 0.653. The van der Waals surface area contributed by atoms with Gasteiger partial charge in [0.05, 0.1) is 4.47 Å². The maximum atomic E-state index is 4.59. The van der Waals surface area contributed by atoms with Gasteiger partial charge in [0.25, 0.3) is 0 Å². The number of anilines is 2. The second-order valence-corrected chi connectivity index (χ2v) is 5.76.